The largest absolute Gasteiger partial charge is 0.311 e. The summed E-state index contributed by atoms with van der Waals surface area (Å²) in [5.41, 5.74) is 1.83. The Morgan fingerprint density at radius 2 is 2.20 bits per heavy atom. The molecule has 0 spiro atoms. The van der Waals surface area contributed by atoms with Gasteiger partial charge in [-0.3, -0.25) is 4.79 Å². The van der Waals surface area contributed by atoms with Crippen LogP contribution >= 0.6 is 12.4 Å². The molecular formula is C15H20ClFN2O. The van der Waals surface area contributed by atoms with E-state index in [2.05, 4.69) is 5.32 Å². The number of halogens is 2. The molecule has 0 aromatic heterocycles. The first-order valence-electron chi connectivity index (χ1n) is 7.03. The SMILES string of the molecule is Cl.O=C(CNCC1CC1)N1CCCc2cc(F)ccc21. The lowest BCUT2D eigenvalue weighted by molar-refractivity contribution is -0.117. The van der Waals surface area contributed by atoms with Crippen molar-refractivity contribution in [2.24, 2.45) is 5.92 Å². The molecule has 1 heterocycles. The van der Waals surface area contributed by atoms with Gasteiger partial charge in [-0.1, -0.05) is 0 Å². The van der Waals surface area contributed by atoms with Gasteiger partial charge in [-0.2, -0.15) is 0 Å². The number of rotatable bonds is 4. The van der Waals surface area contributed by atoms with E-state index in [9.17, 15) is 9.18 Å². The molecule has 1 amide bonds. The Morgan fingerprint density at radius 1 is 1.40 bits per heavy atom. The number of hydrogen-bond acceptors (Lipinski definition) is 2. The highest BCUT2D eigenvalue weighted by Gasteiger charge is 2.24. The summed E-state index contributed by atoms with van der Waals surface area (Å²) in [5, 5.41) is 3.22. The van der Waals surface area contributed by atoms with Gasteiger partial charge in [-0.25, -0.2) is 4.39 Å². The zero-order valence-electron chi connectivity index (χ0n) is 11.4. The van der Waals surface area contributed by atoms with Gasteiger partial charge in [0.2, 0.25) is 5.91 Å². The molecule has 2 aliphatic rings. The first-order valence-corrected chi connectivity index (χ1v) is 7.03. The summed E-state index contributed by atoms with van der Waals surface area (Å²) in [6.07, 6.45) is 4.33. The van der Waals surface area contributed by atoms with Crippen LogP contribution in [0.1, 0.15) is 24.8 Å². The maximum Gasteiger partial charge on any atom is 0.240 e. The van der Waals surface area contributed by atoms with Gasteiger partial charge in [0.15, 0.2) is 0 Å². The second-order valence-corrected chi connectivity index (χ2v) is 5.50. The highest BCUT2D eigenvalue weighted by Crippen LogP contribution is 2.28. The molecular weight excluding hydrogens is 279 g/mol. The third-order valence-electron chi connectivity index (χ3n) is 3.87. The van der Waals surface area contributed by atoms with E-state index in [0.29, 0.717) is 6.54 Å². The number of fused-ring (bicyclic) bond motifs is 1. The zero-order chi connectivity index (χ0) is 13.2. The molecule has 1 aromatic carbocycles. The van der Waals surface area contributed by atoms with E-state index < -0.39 is 0 Å². The zero-order valence-corrected chi connectivity index (χ0v) is 12.2. The first-order chi connectivity index (χ1) is 9.24. The van der Waals surface area contributed by atoms with Gasteiger partial charge in [0.25, 0.3) is 0 Å². The Kier molecular flexibility index (Phi) is 5.00. The molecule has 1 N–H and O–H groups in total. The molecule has 1 aliphatic heterocycles. The average molecular weight is 299 g/mol. The molecule has 0 bridgehead atoms. The van der Waals surface area contributed by atoms with E-state index in [1.165, 1.54) is 18.9 Å². The van der Waals surface area contributed by atoms with Crippen LogP contribution in [-0.2, 0) is 11.2 Å². The highest BCUT2D eigenvalue weighted by atomic mass is 35.5. The monoisotopic (exact) mass is 298 g/mol. The molecule has 0 saturated heterocycles. The van der Waals surface area contributed by atoms with Crippen LogP contribution in [-0.4, -0.2) is 25.5 Å². The molecule has 0 unspecified atom stereocenters. The fraction of sp³-hybridized carbons (Fsp3) is 0.533. The number of hydrogen-bond donors (Lipinski definition) is 1. The molecule has 1 aliphatic carbocycles. The minimum absolute atomic E-state index is 0. The van der Waals surface area contributed by atoms with Gasteiger partial charge in [0.1, 0.15) is 5.82 Å². The van der Waals surface area contributed by atoms with Crippen LogP contribution in [0.3, 0.4) is 0 Å². The first kappa shape index (κ1) is 15.3. The van der Waals surface area contributed by atoms with E-state index in [1.54, 1.807) is 17.0 Å². The quantitative estimate of drug-likeness (QED) is 0.926. The van der Waals surface area contributed by atoms with E-state index in [1.807, 2.05) is 0 Å². The second kappa shape index (κ2) is 6.55. The second-order valence-electron chi connectivity index (χ2n) is 5.50. The molecule has 5 heteroatoms. The summed E-state index contributed by atoms with van der Waals surface area (Å²) in [7, 11) is 0. The minimum atomic E-state index is -0.222. The van der Waals surface area contributed by atoms with Crippen LogP contribution in [0.5, 0.6) is 0 Å². The standard InChI is InChI=1S/C15H19FN2O.ClH/c16-13-5-6-14-12(8-13)2-1-7-18(14)15(19)10-17-9-11-3-4-11;/h5-6,8,11,17H,1-4,7,9-10H2;1H. The molecule has 0 radical (unpaired) electrons. The van der Waals surface area contributed by atoms with Crippen molar-refractivity contribution < 1.29 is 9.18 Å². The number of nitrogens with one attached hydrogen (secondary N) is 1. The van der Waals surface area contributed by atoms with Crippen molar-refractivity contribution in [3.8, 4) is 0 Å². The topological polar surface area (TPSA) is 32.3 Å². The van der Waals surface area contributed by atoms with E-state index in [0.717, 1.165) is 43.1 Å². The summed E-state index contributed by atoms with van der Waals surface area (Å²) in [6.45, 7) is 2.06. The number of amides is 1. The third-order valence-corrected chi connectivity index (χ3v) is 3.87. The summed E-state index contributed by atoms with van der Waals surface area (Å²) < 4.78 is 13.2. The Labute approximate surface area is 124 Å². The molecule has 0 atom stereocenters. The number of nitrogens with zero attached hydrogens (tertiary/aromatic N) is 1. The third kappa shape index (κ3) is 3.49. The van der Waals surface area contributed by atoms with Gasteiger partial charge in [0, 0.05) is 12.2 Å². The predicted molar refractivity (Wildman–Crippen MR) is 79.9 cm³/mol. The predicted octanol–water partition coefficient (Wildman–Crippen LogP) is 2.53. The van der Waals surface area contributed by atoms with Crippen molar-refractivity contribution in [1.82, 2.24) is 5.32 Å². The molecule has 1 fully saturated rings. The number of carbonyl (C=O) groups excluding carboxylic acids is 1. The number of benzene rings is 1. The van der Waals surface area contributed by atoms with Crippen LogP contribution in [0.2, 0.25) is 0 Å². The summed E-state index contributed by atoms with van der Waals surface area (Å²) in [4.78, 5) is 14.0. The Balaban J connectivity index is 0.00000147. The van der Waals surface area contributed by atoms with Crippen molar-refractivity contribution in [1.29, 1.82) is 0 Å². The van der Waals surface area contributed by atoms with Gasteiger partial charge >= 0.3 is 0 Å². The summed E-state index contributed by atoms with van der Waals surface area (Å²) >= 11 is 0. The molecule has 3 rings (SSSR count). The van der Waals surface area contributed by atoms with E-state index in [4.69, 9.17) is 0 Å². The maximum atomic E-state index is 13.2. The Hall–Kier alpha value is -1.13. The fourth-order valence-electron chi connectivity index (χ4n) is 2.63. The van der Waals surface area contributed by atoms with Gasteiger partial charge in [-0.15, -0.1) is 12.4 Å². The summed E-state index contributed by atoms with van der Waals surface area (Å²) in [5.74, 6) is 0.642. The lowest BCUT2D eigenvalue weighted by Crippen LogP contribution is -2.41. The van der Waals surface area contributed by atoms with Crippen molar-refractivity contribution in [3.63, 3.8) is 0 Å². The van der Waals surface area contributed by atoms with Crippen LogP contribution in [0.25, 0.3) is 0 Å². The lowest BCUT2D eigenvalue weighted by Gasteiger charge is -2.29. The molecule has 110 valence electrons. The molecule has 20 heavy (non-hydrogen) atoms. The van der Waals surface area contributed by atoms with Gasteiger partial charge < -0.3 is 10.2 Å². The van der Waals surface area contributed by atoms with Crippen molar-refractivity contribution in [2.75, 3.05) is 24.5 Å². The normalized spacial score (nSPS) is 17.4. The van der Waals surface area contributed by atoms with Gasteiger partial charge in [-0.05, 0) is 61.9 Å². The van der Waals surface area contributed by atoms with Crippen LogP contribution in [0.15, 0.2) is 18.2 Å². The Morgan fingerprint density at radius 3 is 2.95 bits per heavy atom. The number of anilines is 1. The Bertz CT molecular complexity index is 491. The van der Waals surface area contributed by atoms with Gasteiger partial charge in [0.05, 0.1) is 6.54 Å². The smallest absolute Gasteiger partial charge is 0.240 e. The average Bonchev–Trinajstić information content (AvgIpc) is 3.21. The summed E-state index contributed by atoms with van der Waals surface area (Å²) in [6, 6.07) is 4.71. The van der Waals surface area contributed by atoms with Crippen molar-refractivity contribution in [3.05, 3.63) is 29.6 Å². The van der Waals surface area contributed by atoms with Crippen LogP contribution in [0, 0.1) is 11.7 Å². The minimum Gasteiger partial charge on any atom is -0.311 e. The van der Waals surface area contributed by atoms with Crippen LogP contribution < -0.4 is 10.2 Å². The maximum absolute atomic E-state index is 13.2. The molecule has 1 aromatic rings. The van der Waals surface area contributed by atoms with Crippen molar-refractivity contribution in [2.45, 2.75) is 25.7 Å². The van der Waals surface area contributed by atoms with E-state index in [-0.39, 0.29) is 24.1 Å². The lowest BCUT2D eigenvalue weighted by atomic mass is 10.0. The fourth-order valence-corrected chi connectivity index (χ4v) is 2.63. The molecule has 3 nitrogen and oxygen atoms in total. The highest BCUT2D eigenvalue weighted by molar-refractivity contribution is 5.95. The van der Waals surface area contributed by atoms with E-state index >= 15 is 0 Å². The number of aryl methyl sites for hydroxylation is 1. The van der Waals surface area contributed by atoms with Crippen molar-refractivity contribution >= 4 is 24.0 Å². The number of carbonyl (C=O) groups is 1. The van der Waals surface area contributed by atoms with Crippen LogP contribution in [0.4, 0.5) is 10.1 Å². The molecule has 1 saturated carbocycles.